The van der Waals surface area contributed by atoms with E-state index in [1.165, 1.54) is 9.75 Å². The van der Waals surface area contributed by atoms with Crippen LogP contribution in [-0.4, -0.2) is 11.7 Å². The summed E-state index contributed by atoms with van der Waals surface area (Å²) in [6.45, 7) is 0. The number of thioether (sulfide) groups is 1. The van der Waals surface area contributed by atoms with Crippen molar-refractivity contribution in [1.29, 1.82) is 0 Å². The highest BCUT2D eigenvalue weighted by molar-refractivity contribution is 8.00. The molecule has 0 unspecified atom stereocenters. The molecule has 0 aromatic carbocycles. The minimum absolute atomic E-state index is 0.101. The van der Waals surface area contributed by atoms with Crippen LogP contribution in [0.4, 0.5) is 5.69 Å². The molecule has 3 heterocycles. The summed E-state index contributed by atoms with van der Waals surface area (Å²) in [5.74, 6) is 0.632. The first-order valence-electron chi connectivity index (χ1n) is 4.87. The number of nitrogens with one attached hydrogen (secondary N) is 1. The Morgan fingerprint density at radius 3 is 3.00 bits per heavy atom. The fourth-order valence-electron chi connectivity index (χ4n) is 1.70. The van der Waals surface area contributed by atoms with Gasteiger partial charge in [0.1, 0.15) is 0 Å². The molecular formula is C11H9NOS3. The number of carbonyl (C=O) groups excluding carboxylic acids is 1. The molecule has 1 amide bonds. The van der Waals surface area contributed by atoms with Crippen molar-refractivity contribution in [3.8, 4) is 0 Å². The van der Waals surface area contributed by atoms with Gasteiger partial charge in [-0.3, -0.25) is 4.79 Å². The van der Waals surface area contributed by atoms with Crippen molar-refractivity contribution in [2.24, 2.45) is 0 Å². The van der Waals surface area contributed by atoms with E-state index < -0.39 is 0 Å². The lowest BCUT2D eigenvalue weighted by atomic mass is 10.2. The van der Waals surface area contributed by atoms with Crippen molar-refractivity contribution in [3.05, 3.63) is 38.7 Å². The maximum atomic E-state index is 11.5. The van der Waals surface area contributed by atoms with Crippen LogP contribution in [0.25, 0.3) is 0 Å². The van der Waals surface area contributed by atoms with Crippen molar-refractivity contribution >= 4 is 46.0 Å². The Morgan fingerprint density at radius 1 is 1.25 bits per heavy atom. The summed E-state index contributed by atoms with van der Waals surface area (Å²) in [6.07, 6.45) is 0. The molecule has 2 aromatic rings. The number of fused-ring (bicyclic) bond motifs is 1. The maximum absolute atomic E-state index is 11.5. The molecule has 5 heteroatoms. The van der Waals surface area contributed by atoms with Crippen LogP contribution in [0, 0.1) is 0 Å². The van der Waals surface area contributed by atoms with E-state index in [0.29, 0.717) is 11.0 Å². The van der Waals surface area contributed by atoms with Crippen molar-refractivity contribution < 1.29 is 4.79 Å². The SMILES string of the molecule is O=C1CS[C@H](c2cccs2)c2sccc2N1. The molecule has 3 rings (SSSR count). The molecule has 82 valence electrons. The van der Waals surface area contributed by atoms with Crippen LogP contribution in [0.1, 0.15) is 15.0 Å². The van der Waals surface area contributed by atoms with Gasteiger partial charge in [0.2, 0.25) is 5.91 Å². The number of rotatable bonds is 1. The maximum Gasteiger partial charge on any atom is 0.234 e. The van der Waals surface area contributed by atoms with Gasteiger partial charge in [-0.2, -0.15) is 0 Å². The third-order valence-electron chi connectivity index (χ3n) is 2.39. The molecule has 1 atom stereocenters. The zero-order valence-corrected chi connectivity index (χ0v) is 10.8. The molecular weight excluding hydrogens is 258 g/mol. The van der Waals surface area contributed by atoms with Crippen LogP contribution in [-0.2, 0) is 4.79 Å². The zero-order chi connectivity index (χ0) is 11.0. The van der Waals surface area contributed by atoms with Crippen LogP contribution in [0.15, 0.2) is 29.0 Å². The van der Waals surface area contributed by atoms with Crippen LogP contribution >= 0.6 is 34.4 Å². The standard InChI is InChI=1S/C11H9NOS3/c13-9-6-16-11(8-2-1-4-14-8)10-7(12-9)3-5-15-10/h1-5,11H,6H2,(H,12,13)/t11-/m1/s1. The van der Waals surface area contributed by atoms with Crippen molar-refractivity contribution in [2.45, 2.75) is 5.25 Å². The minimum atomic E-state index is 0.101. The van der Waals surface area contributed by atoms with E-state index in [4.69, 9.17) is 0 Å². The summed E-state index contributed by atoms with van der Waals surface area (Å²) in [4.78, 5) is 14.1. The predicted molar refractivity (Wildman–Crippen MR) is 71.6 cm³/mol. The Morgan fingerprint density at radius 2 is 2.19 bits per heavy atom. The van der Waals surface area contributed by atoms with Gasteiger partial charge in [-0.1, -0.05) is 6.07 Å². The summed E-state index contributed by atoms with van der Waals surface area (Å²) >= 11 is 5.18. The summed E-state index contributed by atoms with van der Waals surface area (Å²) in [7, 11) is 0. The fourth-order valence-corrected chi connectivity index (χ4v) is 4.99. The summed E-state index contributed by atoms with van der Waals surface area (Å²) in [6, 6.07) is 6.19. The minimum Gasteiger partial charge on any atom is -0.324 e. The van der Waals surface area contributed by atoms with Crippen molar-refractivity contribution in [2.75, 3.05) is 11.1 Å². The number of amides is 1. The normalized spacial score (nSPS) is 20.0. The topological polar surface area (TPSA) is 29.1 Å². The summed E-state index contributed by atoms with van der Waals surface area (Å²) in [5, 5.41) is 7.39. The van der Waals surface area contributed by atoms with E-state index in [1.54, 1.807) is 34.4 Å². The Labute approximate surface area is 106 Å². The molecule has 0 bridgehead atoms. The highest BCUT2D eigenvalue weighted by Crippen LogP contribution is 2.45. The molecule has 0 saturated carbocycles. The lowest BCUT2D eigenvalue weighted by Crippen LogP contribution is -2.11. The first kappa shape index (κ1) is 10.4. The van der Waals surface area contributed by atoms with E-state index in [1.807, 2.05) is 11.4 Å². The lowest BCUT2D eigenvalue weighted by Gasteiger charge is -2.10. The van der Waals surface area contributed by atoms with Gasteiger partial charge in [0.05, 0.1) is 16.7 Å². The summed E-state index contributed by atoms with van der Waals surface area (Å²) < 4.78 is 0. The van der Waals surface area contributed by atoms with E-state index in [-0.39, 0.29) is 5.91 Å². The predicted octanol–water partition coefficient (Wildman–Crippen LogP) is 3.58. The Hall–Kier alpha value is -0.780. The molecule has 0 spiro atoms. The Bertz CT molecular complexity index is 503. The summed E-state index contributed by atoms with van der Waals surface area (Å²) in [5.41, 5.74) is 0.985. The van der Waals surface area contributed by atoms with E-state index >= 15 is 0 Å². The molecule has 0 fully saturated rings. The highest BCUT2D eigenvalue weighted by atomic mass is 32.2. The fraction of sp³-hybridized carbons (Fsp3) is 0.182. The molecule has 0 aliphatic carbocycles. The molecule has 2 nitrogen and oxygen atoms in total. The number of carbonyl (C=O) groups is 1. The van der Waals surface area contributed by atoms with Crippen molar-refractivity contribution in [3.63, 3.8) is 0 Å². The molecule has 0 radical (unpaired) electrons. The number of hydrogen-bond donors (Lipinski definition) is 1. The lowest BCUT2D eigenvalue weighted by molar-refractivity contribution is -0.113. The smallest absolute Gasteiger partial charge is 0.234 e. The molecule has 0 saturated heterocycles. The monoisotopic (exact) mass is 267 g/mol. The van der Waals surface area contributed by atoms with Crippen LogP contribution in [0.2, 0.25) is 0 Å². The first-order chi connectivity index (χ1) is 7.84. The average molecular weight is 267 g/mol. The zero-order valence-electron chi connectivity index (χ0n) is 8.30. The number of thiophene rings is 2. The molecule has 2 aromatic heterocycles. The quantitative estimate of drug-likeness (QED) is 0.855. The van der Waals surface area contributed by atoms with Gasteiger partial charge in [-0.05, 0) is 22.9 Å². The number of hydrogen-bond acceptors (Lipinski definition) is 4. The van der Waals surface area contributed by atoms with Gasteiger partial charge in [0.15, 0.2) is 0 Å². The van der Waals surface area contributed by atoms with E-state index in [2.05, 4.69) is 22.8 Å². The first-order valence-corrected chi connectivity index (χ1v) is 7.67. The Balaban J connectivity index is 2.05. The van der Waals surface area contributed by atoms with Gasteiger partial charge >= 0.3 is 0 Å². The van der Waals surface area contributed by atoms with Gasteiger partial charge in [0.25, 0.3) is 0 Å². The van der Waals surface area contributed by atoms with Crippen molar-refractivity contribution in [1.82, 2.24) is 0 Å². The van der Waals surface area contributed by atoms with E-state index in [9.17, 15) is 4.79 Å². The molecule has 1 aliphatic rings. The largest absolute Gasteiger partial charge is 0.324 e. The second-order valence-electron chi connectivity index (χ2n) is 3.45. The van der Waals surface area contributed by atoms with Crippen LogP contribution < -0.4 is 5.32 Å². The van der Waals surface area contributed by atoms with Gasteiger partial charge in [-0.15, -0.1) is 34.4 Å². The second-order valence-corrected chi connectivity index (χ2v) is 6.47. The second kappa shape index (κ2) is 4.24. The van der Waals surface area contributed by atoms with Crippen LogP contribution in [0.3, 0.4) is 0 Å². The van der Waals surface area contributed by atoms with Gasteiger partial charge in [-0.25, -0.2) is 0 Å². The highest BCUT2D eigenvalue weighted by Gasteiger charge is 2.25. The molecule has 1 aliphatic heterocycles. The molecule has 1 N–H and O–H groups in total. The van der Waals surface area contributed by atoms with Gasteiger partial charge < -0.3 is 5.32 Å². The van der Waals surface area contributed by atoms with E-state index in [0.717, 1.165) is 5.69 Å². The third kappa shape index (κ3) is 1.79. The Kier molecular flexibility index (Phi) is 2.75. The molecule has 16 heavy (non-hydrogen) atoms. The number of anilines is 1. The third-order valence-corrected chi connectivity index (χ3v) is 5.86. The van der Waals surface area contributed by atoms with Gasteiger partial charge in [0, 0.05) is 9.75 Å². The average Bonchev–Trinajstić information content (AvgIpc) is 2.89. The van der Waals surface area contributed by atoms with Crippen LogP contribution in [0.5, 0.6) is 0 Å².